The molecule has 180 valence electrons. The number of aromatic nitrogens is 4. The Morgan fingerprint density at radius 1 is 1.24 bits per heavy atom. The molecular formula is C21H28Cl2N6O4. The highest BCUT2D eigenvalue weighted by Gasteiger charge is 2.35. The lowest BCUT2D eigenvalue weighted by molar-refractivity contribution is -0.386. The lowest BCUT2D eigenvalue weighted by Gasteiger charge is -2.32. The van der Waals surface area contributed by atoms with Crippen LogP contribution in [0.3, 0.4) is 0 Å². The largest absolute Gasteiger partial charge is 0.472 e. The van der Waals surface area contributed by atoms with E-state index in [9.17, 15) is 10.1 Å². The van der Waals surface area contributed by atoms with Crippen molar-refractivity contribution in [1.29, 1.82) is 0 Å². The fraction of sp³-hybridized carbons (Fsp3) is 0.667. The third kappa shape index (κ3) is 5.74. The molecule has 33 heavy (non-hydrogen) atoms. The van der Waals surface area contributed by atoms with Crippen molar-refractivity contribution in [2.75, 3.05) is 32.9 Å². The monoisotopic (exact) mass is 498 g/mol. The van der Waals surface area contributed by atoms with Gasteiger partial charge < -0.3 is 9.47 Å². The summed E-state index contributed by atoms with van der Waals surface area (Å²) >= 11 is 11.9. The van der Waals surface area contributed by atoms with Crippen molar-refractivity contribution in [3.8, 4) is 5.88 Å². The molecule has 1 saturated carbocycles. The van der Waals surface area contributed by atoms with Gasteiger partial charge in [-0.2, -0.15) is 0 Å². The van der Waals surface area contributed by atoms with Gasteiger partial charge >= 0.3 is 11.6 Å². The van der Waals surface area contributed by atoms with Gasteiger partial charge in [-0.1, -0.05) is 11.6 Å². The zero-order valence-corrected chi connectivity index (χ0v) is 20.1. The Morgan fingerprint density at radius 3 is 2.76 bits per heavy atom. The number of hydrogen-bond donors (Lipinski definition) is 0. The minimum Gasteiger partial charge on any atom is -0.472 e. The molecule has 2 aromatic rings. The van der Waals surface area contributed by atoms with Crippen LogP contribution in [0.15, 0.2) is 6.20 Å². The second kappa shape index (κ2) is 10.9. The van der Waals surface area contributed by atoms with Crippen LogP contribution in [0.4, 0.5) is 5.69 Å². The van der Waals surface area contributed by atoms with Gasteiger partial charge in [-0.15, -0.1) is 5.10 Å². The minimum absolute atomic E-state index is 0.0459. The molecule has 2 unspecified atom stereocenters. The zero-order valence-electron chi connectivity index (χ0n) is 18.6. The van der Waals surface area contributed by atoms with Gasteiger partial charge in [0.1, 0.15) is 5.69 Å². The van der Waals surface area contributed by atoms with E-state index in [1.807, 2.05) is 0 Å². The number of morpholine rings is 1. The summed E-state index contributed by atoms with van der Waals surface area (Å²) in [7, 11) is 0. The molecule has 0 N–H and O–H groups in total. The molecule has 4 rings (SSSR count). The fourth-order valence-corrected chi connectivity index (χ4v) is 5.03. The summed E-state index contributed by atoms with van der Waals surface area (Å²) in [4.78, 5) is 21.8. The molecule has 0 spiro atoms. The maximum atomic E-state index is 11.7. The Bertz CT molecular complexity index is 982. The van der Waals surface area contributed by atoms with E-state index in [0.29, 0.717) is 41.9 Å². The molecule has 2 atom stereocenters. The number of halogens is 2. The molecule has 0 aromatic carbocycles. The van der Waals surface area contributed by atoms with Crippen LogP contribution in [0.2, 0.25) is 10.3 Å². The van der Waals surface area contributed by atoms with Crippen LogP contribution in [-0.2, 0) is 11.2 Å². The predicted molar refractivity (Wildman–Crippen MR) is 123 cm³/mol. The Hall–Kier alpha value is -2.01. The smallest absolute Gasteiger partial charge is 0.352 e. The first-order valence-corrected chi connectivity index (χ1v) is 12.0. The number of ether oxygens (including phenoxy) is 2. The van der Waals surface area contributed by atoms with Gasteiger partial charge in [-0.25, -0.2) is 9.97 Å². The molecule has 1 saturated heterocycles. The van der Waals surface area contributed by atoms with E-state index >= 15 is 0 Å². The molecular weight excluding hydrogens is 471 g/mol. The van der Waals surface area contributed by atoms with Gasteiger partial charge in [0, 0.05) is 19.1 Å². The summed E-state index contributed by atoms with van der Waals surface area (Å²) in [5.74, 6) is 0.0930. The highest BCUT2D eigenvalue weighted by atomic mass is 35.5. The summed E-state index contributed by atoms with van der Waals surface area (Å²) in [6.07, 6.45) is 6.45. The quantitative estimate of drug-likeness (QED) is 0.220. The number of unbranched alkanes of at least 4 members (excludes halogenated alkanes) is 1. The summed E-state index contributed by atoms with van der Waals surface area (Å²) < 4.78 is 13.0. The van der Waals surface area contributed by atoms with E-state index in [-0.39, 0.29) is 22.9 Å². The van der Waals surface area contributed by atoms with Crippen molar-refractivity contribution >= 4 is 28.9 Å². The molecule has 0 radical (unpaired) electrons. The van der Waals surface area contributed by atoms with Crippen LogP contribution in [0, 0.1) is 17.0 Å². The number of hydrogen-bond acceptors (Lipinski definition) is 8. The van der Waals surface area contributed by atoms with Crippen LogP contribution in [0.25, 0.3) is 0 Å². The Morgan fingerprint density at radius 2 is 2.00 bits per heavy atom. The summed E-state index contributed by atoms with van der Waals surface area (Å²) in [6.45, 7) is 5.48. The van der Waals surface area contributed by atoms with Crippen LogP contribution in [-0.4, -0.2) is 68.5 Å². The first-order chi connectivity index (χ1) is 15.9. The topological polar surface area (TPSA) is 108 Å². The van der Waals surface area contributed by atoms with Crippen LogP contribution < -0.4 is 4.74 Å². The zero-order chi connectivity index (χ0) is 23.4. The predicted octanol–water partition coefficient (Wildman–Crippen LogP) is 4.02. The van der Waals surface area contributed by atoms with E-state index in [4.69, 9.17) is 32.7 Å². The van der Waals surface area contributed by atoms with Gasteiger partial charge in [0.25, 0.3) is 0 Å². The van der Waals surface area contributed by atoms with Crippen molar-refractivity contribution in [2.45, 2.75) is 57.5 Å². The molecule has 1 aliphatic heterocycles. The molecule has 0 bridgehead atoms. The highest BCUT2D eigenvalue weighted by Crippen LogP contribution is 2.38. The average Bonchev–Trinajstić information content (AvgIpc) is 3.41. The molecule has 3 heterocycles. The van der Waals surface area contributed by atoms with Crippen molar-refractivity contribution in [3.63, 3.8) is 0 Å². The molecule has 1 aliphatic carbocycles. The van der Waals surface area contributed by atoms with E-state index < -0.39 is 4.92 Å². The van der Waals surface area contributed by atoms with E-state index in [1.54, 1.807) is 11.6 Å². The molecule has 10 nitrogen and oxygen atoms in total. The van der Waals surface area contributed by atoms with Crippen molar-refractivity contribution in [2.24, 2.45) is 0 Å². The fourth-order valence-electron chi connectivity index (χ4n) is 4.69. The summed E-state index contributed by atoms with van der Waals surface area (Å²) in [5.41, 5.74) is 1.18. The maximum Gasteiger partial charge on any atom is 0.352 e. The molecule has 2 aliphatic rings. The lowest BCUT2D eigenvalue weighted by atomic mass is 10.2. The van der Waals surface area contributed by atoms with Gasteiger partial charge in [0.15, 0.2) is 0 Å². The second-order valence-electron chi connectivity index (χ2n) is 8.45. The van der Waals surface area contributed by atoms with Gasteiger partial charge in [0.05, 0.1) is 47.7 Å². The van der Waals surface area contributed by atoms with Crippen molar-refractivity contribution < 1.29 is 14.4 Å². The van der Waals surface area contributed by atoms with Crippen LogP contribution >= 0.6 is 23.2 Å². The molecule has 12 heteroatoms. The molecule has 2 fully saturated rings. The van der Waals surface area contributed by atoms with Crippen LogP contribution in [0.1, 0.15) is 49.5 Å². The standard InChI is InChI=1S/C21H28Cl2N6O4/c1-14-19(29(30)31)20(33-9-3-2-4-18-17(22)13-24-21(23)25-18)26-28(14)16-6-5-15(12-16)27-7-10-32-11-8-27/h13,15-16H,2-12H2,1H3. The van der Waals surface area contributed by atoms with Gasteiger partial charge in [-0.05, 0) is 57.0 Å². The summed E-state index contributed by atoms with van der Waals surface area (Å²) in [5, 5.41) is 16.9. The van der Waals surface area contributed by atoms with Crippen molar-refractivity contribution in [3.05, 3.63) is 38.0 Å². The minimum atomic E-state index is -0.398. The summed E-state index contributed by atoms with van der Waals surface area (Å²) in [6, 6.07) is 0.603. The Balaban J connectivity index is 1.35. The van der Waals surface area contributed by atoms with Crippen LogP contribution in [0.5, 0.6) is 5.88 Å². The highest BCUT2D eigenvalue weighted by molar-refractivity contribution is 6.31. The van der Waals surface area contributed by atoms with Crippen molar-refractivity contribution in [1.82, 2.24) is 24.6 Å². The Kier molecular flexibility index (Phi) is 8.00. The number of rotatable bonds is 9. The van der Waals surface area contributed by atoms with Gasteiger partial charge in [0.2, 0.25) is 5.28 Å². The van der Waals surface area contributed by atoms with E-state index in [1.165, 1.54) is 6.20 Å². The third-order valence-corrected chi connectivity index (χ3v) is 6.89. The van der Waals surface area contributed by atoms with E-state index in [0.717, 1.165) is 52.0 Å². The Labute approximate surface area is 202 Å². The molecule has 0 amide bonds. The SMILES string of the molecule is Cc1c([N+](=O)[O-])c(OCCCCc2nc(Cl)ncc2Cl)nn1C1CCC(N2CCOCC2)C1. The number of nitro groups is 1. The normalized spacial score (nSPS) is 21.4. The number of aryl methyl sites for hydroxylation is 1. The third-order valence-electron chi connectivity index (χ3n) is 6.39. The van der Waals surface area contributed by atoms with Gasteiger partial charge in [-0.3, -0.25) is 19.7 Å². The average molecular weight is 499 g/mol. The van der Waals surface area contributed by atoms with E-state index in [2.05, 4.69) is 20.0 Å². The number of nitrogens with zero attached hydrogens (tertiary/aromatic N) is 6. The molecule has 2 aromatic heterocycles. The lowest BCUT2D eigenvalue weighted by Crippen LogP contribution is -2.42. The maximum absolute atomic E-state index is 11.7. The first-order valence-electron chi connectivity index (χ1n) is 11.3. The second-order valence-corrected chi connectivity index (χ2v) is 9.19. The first kappa shape index (κ1) is 24.1.